The van der Waals surface area contributed by atoms with Crippen molar-refractivity contribution in [2.45, 2.75) is 38.6 Å². The summed E-state index contributed by atoms with van der Waals surface area (Å²) in [6.45, 7) is 1.59. The Hall–Kier alpha value is -3.37. The second kappa shape index (κ2) is 9.24. The van der Waals surface area contributed by atoms with Crippen LogP contribution in [0.4, 0.5) is 13.2 Å². The summed E-state index contributed by atoms with van der Waals surface area (Å²) >= 11 is 0. The maximum atomic E-state index is 12.5. The molecule has 1 saturated carbocycles. The number of nitrogens with zero attached hydrogens (tertiary/aromatic N) is 3. The number of alkyl halides is 3. The maximum Gasteiger partial charge on any atom is 0.573 e. The van der Waals surface area contributed by atoms with Gasteiger partial charge in [-0.1, -0.05) is 12.1 Å². The summed E-state index contributed by atoms with van der Waals surface area (Å²) in [6, 6.07) is 5.32. The predicted molar refractivity (Wildman–Crippen MR) is 111 cm³/mol. The molecule has 1 aliphatic heterocycles. The molecular weight excluding hydrogens is 439 g/mol. The highest BCUT2D eigenvalue weighted by molar-refractivity contribution is 5.91. The fraction of sp³-hybridized carbons (Fsp3) is 0.455. The number of amides is 2. The third-order valence-corrected chi connectivity index (χ3v) is 6.31. The van der Waals surface area contributed by atoms with Crippen LogP contribution in [-0.2, 0) is 16.1 Å². The number of carbonyl (C=O) groups is 2. The second-order valence-corrected chi connectivity index (χ2v) is 8.56. The van der Waals surface area contributed by atoms with Gasteiger partial charge in [0, 0.05) is 25.1 Å². The van der Waals surface area contributed by atoms with Crippen LogP contribution in [0.25, 0.3) is 6.08 Å². The van der Waals surface area contributed by atoms with Crippen LogP contribution in [0, 0.1) is 11.3 Å². The summed E-state index contributed by atoms with van der Waals surface area (Å²) in [6.07, 6.45) is 3.18. The number of H-pyrrole nitrogens is 1. The Morgan fingerprint density at radius 3 is 2.52 bits per heavy atom. The van der Waals surface area contributed by atoms with E-state index in [1.807, 2.05) is 0 Å². The van der Waals surface area contributed by atoms with Crippen molar-refractivity contribution in [2.24, 2.45) is 11.3 Å². The van der Waals surface area contributed by atoms with Crippen LogP contribution in [0.1, 0.15) is 36.9 Å². The zero-order chi connectivity index (χ0) is 23.5. The van der Waals surface area contributed by atoms with Crippen LogP contribution in [0.3, 0.4) is 0 Å². The molecule has 1 spiro atoms. The van der Waals surface area contributed by atoms with Crippen molar-refractivity contribution < 1.29 is 27.5 Å². The lowest BCUT2D eigenvalue weighted by Crippen LogP contribution is -2.51. The lowest BCUT2D eigenvalue weighted by Gasteiger charge is -2.51. The van der Waals surface area contributed by atoms with E-state index in [4.69, 9.17) is 0 Å². The minimum absolute atomic E-state index is 0.0108. The van der Waals surface area contributed by atoms with Crippen LogP contribution in [0.2, 0.25) is 0 Å². The highest BCUT2D eigenvalue weighted by Gasteiger charge is 2.48. The van der Waals surface area contributed by atoms with Crippen molar-refractivity contribution in [3.63, 3.8) is 0 Å². The molecule has 2 amide bonds. The van der Waals surface area contributed by atoms with Gasteiger partial charge >= 0.3 is 6.36 Å². The fourth-order valence-corrected chi connectivity index (χ4v) is 4.47. The van der Waals surface area contributed by atoms with Gasteiger partial charge in [0.1, 0.15) is 11.4 Å². The molecule has 1 saturated heterocycles. The lowest BCUT2D eigenvalue weighted by molar-refractivity contribution is -0.274. The predicted octanol–water partition coefficient (Wildman–Crippen LogP) is 3.05. The summed E-state index contributed by atoms with van der Waals surface area (Å²) in [5.41, 5.74) is 1.40. The first-order chi connectivity index (χ1) is 15.7. The van der Waals surface area contributed by atoms with Gasteiger partial charge in [-0.05, 0) is 54.9 Å². The number of hydrogen-bond acceptors (Lipinski definition) is 5. The van der Waals surface area contributed by atoms with Crippen LogP contribution in [0.15, 0.2) is 36.5 Å². The fourth-order valence-electron chi connectivity index (χ4n) is 4.47. The molecule has 176 valence electrons. The van der Waals surface area contributed by atoms with E-state index < -0.39 is 6.36 Å². The minimum atomic E-state index is -4.74. The third kappa shape index (κ3) is 5.91. The molecule has 2 aromatic rings. The Labute approximate surface area is 188 Å². The third-order valence-electron chi connectivity index (χ3n) is 6.31. The minimum Gasteiger partial charge on any atom is -0.406 e. The molecule has 0 radical (unpaired) electrons. The molecule has 1 aromatic carbocycles. The molecule has 0 atom stereocenters. The molecule has 0 bridgehead atoms. The van der Waals surface area contributed by atoms with Gasteiger partial charge in [-0.3, -0.25) is 9.59 Å². The normalized spacial score (nSPS) is 18.3. The molecule has 8 nitrogen and oxygen atoms in total. The number of carbonyl (C=O) groups excluding carboxylic acids is 2. The van der Waals surface area contributed by atoms with E-state index in [9.17, 15) is 22.8 Å². The topological polar surface area (TPSA) is 100 Å². The van der Waals surface area contributed by atoms with Crippen molar-refractivity contribution in [3.8, 4) is 5.75 Å². The molecular formula is C22H24F3N5O3. The highest BCUT2D eigenvalue weighted by atomic mass is 19.4. The summed E-state index contributed by atoms with van der Waals surface area (Å²) < 4.78 is 40.5. The summed E-state index contributed by atoms with van der Waals surface area (Å²) in [4.78, 5) is 26.6. The molecule has 0 unspecified atom stereocenters. The standard InChI is InChI=1S/C22H24F3N5O3/c23-22(24,25)33-18-4-1-15(2-5-18)3-6-19(31)30-9-7-21(8-10-30)11-16(12-21)20(32)26-13-17-14-27-29-28-17/h1-6,14,16H,7-13H2,(H,26,32)(H,27,28,29). The molecule has 4 rings (SSSR count). The number of aromatic amines is 1. The number of halogens is 3. The Bertz CT molecular complexity index is 989. The quantitative estimate of drug-likeness (QED) is 0.642. The van der Waals surface area contributed by atoms with Gasteiger partial charge in [0.2, 0.25) is 11.8 Å². The van der Waals surface area contributed by atoms with Gasteiger partial charge in [-0.25, -0.2) is 0 Å². The Morgan fingerprint density at radius 1 is 1.21 bits per heavy atom. The molecule has 1 aromatic heterocycles. The largest absolute Gasteiger partial charge is 0.573 e. The Kier molecular flexibility index (Phi) is 6.39. The van der Waals surface area contributed by atoms with E-state index in [0.29, 0.717) is 30.9 Å². The van der Waals surface area contributed by atoms with Crippen molar-refractivity contribution >= 4 is 17.9 Å². The first-order valence-electron chi connectivity index (χ1n) is 10.7. The number of ether oxygens (including phenoxy) is 1. The van der Waals surface area contributed by atoms with Crippen molar-refractivity contribution in [3.05, 3.63) is 47.8 Å². The van der Waals surface area contributed by atoms with Gasteiger partial charge in [0.05, 0.1) is 12.7 Å². The average molecular weight is 463 g/mol. The van der Waals surface area contributed by atoms with E-state index in [1.54, 1.807) is 17.2 Å². The molecule has 11 heteroatoms. The van der Waals surface area contributed by atoms with E-state index >= 15 is 0 Å². The van der Waals surface area contributed by atoms with E-state index in [0.717, 1.165) is 25.7 Å². The van der Waals surface area contributed by atoms with Gasteiger partial charge < -0.3 is 15.0 Å². The number of aromatic nitrogens is 3. The second-order valence-electron chi connectivity index (χ2n) is 8.56. The molecule has 33 heavy (non-hydrogen) atoms. The van der Waals surface area contributed by atoms with Gasteiger partial charge in [0.25, 0.3) is 0 Å². The average Bonchev–Trinajstić information content (AvgIpc) is 3.28. The maximum absolute atomic E-state index is 12.5. The van der Waals surface area contributed by atoms with E-state index in [1.165, 1.54) is 30.3 Å². The highest BCUT2D eigenvalue weighted by Crippen LogP contribution is 2.52. The molecule has 1 aliphatic carbocycles. The SMILES string of the molecule is O=C(NCc1cn[nH]n1)C1CC2(CCN(C(=O)C=Cc3ccc(OC(F)(F)F)cc3)CC2)C1. The van der Waals surface area contributed by atoms with E-state index in [2.05, 4.69) is 25.5 Å². The number of nitrogens with one attached hydrogen (secondary N) is 2. The van der Waals surface area contributed by atoms with Crippen molar-refractivity contribution in [1.29, 1.82) is 0 Å². The summed E-state index contributed by atoms with van der Waals surface area (Å²) in [7, 11) is 0. The lowest BCUT2D eigenvalue weighted by atomic mass is 9.57. The monoisotopic (exact) mass is 463 g/mol. The van der Waals surface area contributed by atoms with Crippen molar-refractivity contribution in [2.75, 3.05) is 13.1 Å². The first-order valence-corrected chi connectivity index (χ1v) is 10.7. The Morgan fingerprint density at radius 2 is 1.91 bits per heavy atom. The number of hydrogen-bond donors (Lipinski definition) is 2. The van der Waals surface area contributed by atoms with Gasteiger partial charge in [0.15, 0.2) is 0 Å². The number of likely N-dealkylation sites (tertiary alicyclic amines) is 1. The van der Waals surface area contributed by atoms with Crippen LogP contribution >= 0.6 is 0 Å². The number of piperidine rings is 1. The molecule has 2 heterocycles. The zero-order valence-electron chi connectivity index (χ0n) is 17.8. The zero-order valence-corrected chi connectivity index (χ0v) is 17.8. The first kappa shape index (κ1) is 22.8. The smallest absolute Gasteiger partial charge is 0.406 e. The number of benzene rings is 1. The molecule has 2 aliphatic rings. The van der Waals surface area contributed by atoms with Crippen LogP contribution in [-0.4, -0.2) is 51.6 Å². The van der Waals surface area contributed by atoms with Crippen molar-refractivity contribution in [1.82, 2.24) is 25.6 Å². The van der Waals surface area contributed by atoms with E-state index in [-0.39, 0.29) is 28.9 Å². The molecule has 2 N–H and O–H groups in total. The summed E-state index contributed by atoms with van der Waals surface area (Å²) in [5, 5.41) is 13.0. The summed E-state index contributed by atoms with van der Waals surface area (Å²) in [5.74, 6) is -0.431. The Balaban J connectivity index is 1.20. The number of rotatable bonds is 6. The van der Waals surface area contributed by atoms with Gasteiger partial charge in [-0.15, -0.1) is 13.2 Å². The van der Waals surface area contributed by atoms with Crippen LogP contribution < -0.4 is 10.1 Å². The van der Waals surface area contributed by atoms with Crippen LogP contribution in [0.5, 0.6) is 5.75 Å². The van der Waals surface area contributed by atoms with Gasteiger partial charge in [-0.2, -0.15) is 15.4 Å². The molecule has 2 fully saturated rings.